The van der Waals surface area contributed by atoms with Crippen molar-refractivity contribution in [2.75, 3.05) is 6.61 Å². The van der Waals surface area contributed by atoms with Gasteiger partial charge in [0.05, 0.1) is 18.8 Å². The van der Waals surface area contributed by atoms with E-state index in [1.165, 1.54) is 257 Å². The van der Waals surface area contributed by atoms with E-state index in [9.17, 15) is 20.1 Å². The first-order chi connectivity index (χ1) is 31.1. The van der Waals surface area contributed by atoms with Gasteiger partial charge in [-0.1, -0.05) is 308 Å². The number of aliphatic hydroxyl groups excluding tert-OH is 3. The zero-order valence-electron chi connectivity index (χ0n) is 42.7. The molecule has 0 rings (SSSR count). The smallest absolute Gasteiger partial charge is 0.249 e. The molecule has 0 aliphatic rings. The summed E-state index contributed by atoms with van der Waals surface area (Å²) >= 11 is 0. The van der Waals surface area contributed by atoms with Crippen LogP contribution in [0.15, 0.2) is 24.3 Å². The lowest BCUT2D eigenvalue weighted by Gasteiger charge is -2.21. The maximum Gasteiger partial charge on any atom is 0.249 e. The predicted molar refractivity (Wildman–Crippen MR) is 278 cm³/mol. The standard InChI is InChI=1S/C58H113NO4/c1-3-5-7-9-11-13-15-17-19-21-23-24-25-26-27-28-29-30-31-32-33-35-37-39-41-43-45-47-49-51-53-57(62)58(63)59-55(54-60)56(61)52-50-48-46-44-42-40-38-36-34-22-20-18-16-14-12-10-8-6-4-2/h42,44,50,52,55-57,60-62H,3-41,43,45-49,51,53-54H2,1-2H3,(H,59,63)/b44-42+,52-50+. The number of hydrogen-bond acceptors (Lipinski definition) is 4. The summed E-state index contributed by atoms with van der Waals surface area (Å²) in [5.41, 5.74) is 0. The molecule has 0 aromatic heterocycles. The minimum absolute atomic E-state index is 0.372. The van der Waals surface area contributed by atoms with Gasteiger partial charge in [-0.2, -0.15) is 0 Å². The molecule has 0 heterocycles. The molecule has 0 spiro atoms. The second-order valence-electron chi connectivity index (χ2n) is 19.9. The van der Waals surface area contributed by atoms with Crippen LogP contribution in [0.1, 0.15) is 316 Å². The highest BCUT2D eigenvalue weighted by Gasteiger charge is 2.22. The molecule has 5 heteroatoms. The lowest BCUT2D eigenvalue weighted by molar-refractivity contribution is -0.131. The Hall–Kier alpha value is -1.17. The molecule has 0 aromatic carbocycles. The Morgan fingerprint density at radius 1 is 0.381 bits per heavy atom. The third-order valence-corrected chi connectivity index (χ3v) is 13.5. The van der Waals surface area contributed by atoms with E-state index < -0.39 is 24.2 Å². The largest absolute Gasteiger partial charge is 0.394 e. The van der Waals surface area contributed by atoms with E-state index in [1.54, 1.807) is 6.08 Å². The summed E-state index contributed by atoms with van der Waals surface area (Å²) in [7, 11) is 0. The lowest BCUT2D eigenvalue weighted by atomic mass is 10.0. The van der Waals surface area contributed by atoms with Gasteiger partial charge in [-0.05, 0) is 32.1 Å². The van der Waals surface area contributed by atoms with Crippen LogP contribution >= 0.6 is 0 Å². The van der Waals surface area contributed by atoms with Gasteiger partial charge in [-0.25, -0.2) is 0 Å². The number of rotatable bonds is 53. The lowest BCUT2D eigenvalue weighted by Crippen LogP contribution is -2.48. The summed E-state index contributed by atoms with van der Waals surface area (Å²) in [5, 5.41) is 33.3. The van der Waals surface area contributed by atoms with Crippen LogP contribution in [-0.2, 0) is 4.79 Å². The van der Waals surface area contributed by atoms with Crippen LogP contribution in [0.3, 0.4) is 0 Å². The van der Waals surface area contributed by atoms with Gasteiger partial charge in [0.1, 0.15) is 6.10 Å². The number of amides is 1. The summed E-state index contributed by atoms with van der Waals surface area (Å²) in [5.74, 6) is -0.506. The fourth-order valence-corrected chi connectivity index (χ4v) is 9.09. The summed E-state index contributed by atoms with van der Waals surface area (Å²) in [6.45, 7) is 4.21. The van der Waals surface area contributed by atoms with Gasteiger partial charge in [0.25, 0.3) is 0 Å². The first kappa shape index (κ1) is 61.8. The molecule has 5 nitrogen and oxygen atoms in total. The van der Waals surface area contributed by atoms with Gasteiger partial charge in [-0.15, -0.1) is 0 Å². The van der Waals surface area contributed by atoms with Crippen LogP contribution < -0.4 is 5.32 Å². The van der Waals surface area contributed by atoms with Crippen molar-refractivity contribution in [3.8, 4) is 0 Å². The van der Waals surface area contributed by atoms with Gasteiger partial charge in [0.15, 0.2) is 0 Å². The number of carbonyl (C=O) groups is 1. The van der Waals surface area contributed by atoms with Gasteiger partial charge in [0.2, 0.25) is 5.91 Å². The maximum atomic E-state index is 12.5. The van der Waals surface area contributed by atoms with Crippen LogP contribution in [0.4, 0.5) is 0 Å². The molecule has 0 fully saturated rings. The van der Waals surface area contributed by atoms with E-state index in [2.05, 4.69) is 31.3 Å². The molecule has 1 amide bonds. The fourth-order valence-electron chi connectivity index (χ4n) is 9.09. The molecule has 0 saturated carbocycles. The van der Waals surface area contributed by atoms with Crippen molar-refractivity contribution in [3.63, 3.8) is 0 Å². The molecule has 3 atom stereocenters. The molecule has 0 aromatic rings. The molecule has 0 aliphatic carbocycles. The summed E-state index contributed by atoms with van der Waals surface area (Å²) in [6.07, 6.45) is 68.4. The summed E-state index contributed by atoms with van der Waals surface area (Å²) in [4.78, 5) is 12.5. The first-order valence-corrected chi connectivity index (χ1v) is 28.7. The van der Waals surface area contributed by atoms with Crippen LogP contribution in [0, 0.1) is 0 Å². The van der Waals surface area contributed by atoms with Crippen molar-refractivity contribution in [1.29, 1.82) is 0 Å². The number of hydrogen-bond donors (Lipinski definition) is 4. The zero-order chi connectivity index (χ0) is 45.8. The monoisotopic (exact) mass is 888 g/mol. The Morgan fingerprint density at radius 2 is 0.651 bits per heavy atom. The topological polar surface area (TPSA) is 89.8 Å². The highest BCUT2D eigenvalue weighted by atomic mass is 16.3. The SMILES string of the molecule is CCCCCCCCCCCCCCC/C=C/CC/C=C/C(O)C(CO)NC(=O)C(O)CCCCCCCCCCCCCCCCCCCCCCCCCCCCCCCC. The third kappa shape index (κ3) is 48.6. The van der Waals surface area contributed by atoms with Crippen molar-refractivity contribution < 1.29 is 20.1 Å². The average Bonchev–Trinajstić information content (AvgIpc) is 3.29. The Labute approximate surface area is 394 Å². The van der Waals surface area contributed by atoms with E-state index in [0.29, 0.717) is 6.42 Å². The average molecular weight is 889 g/mol. The molecular weight excluding hydrogens is 775 g/mol. The van der Waals surface area contributed by atoms with Crippen LogP contribution in [-0.4, -0.2) is 46.1 Å². The third-order valence-electron chi connectivity index (χ3n) is 13.5. The van der Waals surface area contributed by atoms with E-state index in [1.807, 2.05) is 6.08 Å². The molecule has 0 bridgehead atoms. The van der Waals surface area contributed by atoms with Crippen LogP contribution in [0.5, 0.6) is 0 Å². The second kappa shape index (κ2) is 53.4. The molecule has 0 saturated heterocycles. The van der Waals surface area contributed by atoms with Crippen molar-refractivity contribution >= 4 is 5.91 Å². The molecule has 0 aliphatic heterocycles. The minimum Gasteiger partial charge on any atom is -0.394 e. The van der Waals surface area contributed by atoms with Gasteiger partial charge in [-0.3, -0.25) is 4.79 Å². The van der Waals surface area contributed by atoms with Crippen molar-refractivity contribution in [3.05, 3.63) is 24.3 Å². The fraction of sp³-hybridized carbons (Fsp3) is 0.914. The molecule has 374 valence electrons. The summed E-state index contributed by atoms with van der Waals surface area (Å²) in [6, 6.07) is -0.812. The minimum atomic E-state index is -1.10. The summed E-state index contributed by atoms with van der Waals surface area (Å²) < 4.78 is 0. The van der Waals surface area contributed by atoms with E-state index in [4.69, 9.17) is 0 Å². The van der Waals surface area contributed by atoms with E-state index in [0.717, 1.165) is 38.5 Å². The molecular formula is C58H113NO4. The molecule has 63 heavy (non-hydrogen) atoms. The second-order valence-corrected chi connectivity index (χ2v) is 19.9. The Bertz CT molecular complexity index is 936. The van der Waals surface area contributed by atoms with Crippen LogP contribution in [0.2, 0.25) is 0 Å². The zero-order valence-corrected chi connectivity index (χ0v) is 42.7. The number of unbranched alkanes of at least 4 members (excludes halogenated alkanes) is 43. The quantitative estimate of drug-likeness (QED) is 0.0362. The van der Waals surface area contributed by atoms with Gasteiger partial charge >= 0.3 is 0 Å². The van der Waals surface area contributed by atoms with Crippen molar-refractivity contribution in [2.24, 2.45) is 0 Å². The molecule has 4 N–H and O–H groups in total. The maximum absolute atomic E-state index is 12.5. The molecule has 3 unspecified atom stereocenters. The highest BCUT2D eigenvalue weighted by Crippen LogP contribution is 2.18. The van der Waals surface area contributed by atoms with E-state index >= 15 is 0 Å². The van der Waals surface area contributed by atoms with Gasteiger partial charge < -0.3 is 20.6 Å². The first-order valence-electron chi connectivity index (χ1n) is 28.7. The van der Waals surface area contributed by atoms with Crippen LogP contribution in [0.25, 0.3) is 0 Å². The highest BCUT2D eigenvalue weighted by molar-refractivity contribution is 5.80. The Balaban J connectivity index is 3.54. The Morgan fingerprint density at radius 3 is 0.968 bits per heavy atom. The Kier molecular flexibility index (Phi) is 52.5. The molecule has 0 radical (unpaired) electrons. The number of nitrogens with one attached hydrogen (secondary N) is 1. The number of carbonyl (C=O) groups excluding carboxylic acids is 1. The number of allylic oxidation sites excluding steroid dienone is 3. The number of aliphatic hydroxyl groups is 3. The van der Waals surface area contributed by atoms with Gasteiger partial charge in [0, 0.05) is 0 Å². The van der Waals surface area contributed by atoms with E-state index in [-0.39, 0.29) is 6.61 Å². The normalized spacial score (nSPS) is 13.4. The predicted octanol–water partition coefficient (Wildman–Crippen LogP) is 17.7. The van der Waals surface area contributed by atoms with Crippen molar-refractivity contribution in [1.82, 2.24) is 5.32 Å². The van der Waals surface area contributed by atoms with Crippen molar-refractivity contribution in [2.45, 2.75) is 334 Å².